The summed E-state index contributed by atoms with van der Waals surface area (Å²) >= 11 is 0.966. The van der Waals surface area contributed by atoms with E-state index >= 15 is 0 Å². The zero-order valence-corrected chi connectivity index (χ0v) is 9.39. The lowest BCUT2D eigenvalue weighted by molar-refractivity contribution is 0.0530. The van der Waals surface area contributed by atoms with E-state index in [0.717, 1.165) is 16.9 Å². The predicted molar refractivity (Wildman–Crippen MR) is 56.6 cm³/mol. The smallest absolute Gasteiger partial charge is 0.348 e. The van der Waals surface area contributed by atoms with Gasteiger partial charge in [0.05, 0.1) is 6.61 Å². The first-order valence-corrected chi connectivity index (χ1v) is 5.44. The number of aromatic carboxylic acids is 1. The van der Waals surface area contributed by atoms with E-state index in [1.807, 2.05) is 6.92 Å². The summed E-state index contributed by atoms with van der Waals surface area (Å²) in [7, 11) is 0. The number of thiophene rings is 1. The van der Waals surface area contributed by atoms with Crippen molar-refractivity contribution in [1.82, 2.24) is 0 Å². The number of esters is 1. The second-order valence-electron chi connectivity index (χ2n) is 2.84. The van der Waals surface area contributed by atoms with Crippen LogP contribution in [0.25, 0.3) is 0 Å². The van der Waals surface area contributed by atoms with Crippen LogP contribution in [0.5, 0.6) is 0 Å². The maximum atomic E-state index is 11.5. The highest BCUT2D eigenvalue weighted by atomic mass is 32.1. The fourth-order valence-corrected chi connectivity index (χ4v) is 2.15. The quantitative estimate of drug-likeness (QED) is 0.802. The standard InChI is InChI=1S/C10H12O4S/c1-3-6-5-7(9(11)12)15-8(6)10(13)14-4-2/h5H,3-4H2,1-2H3,(H,11,12). The van der Waals surface area contributed by atoms with Gasteiger partial charge in [0.25, 0.3) is 0 Å². The van der Waals surface area contributed by atoms with Crippen LogP contribution in [0.2, 0.25) is 0 Å². The Labute approximate surface area is 91.5 Å². The molecule has 0 saturated heterocycles. The van der Waals surface area contributed by atoms with Gasteiger partial charge in [0.2, 0.25) is 0 Å². The summed E-state index contributed by atoms with van der Waals surface area (Å²) in [5, 5.41) is 8.79. The molecule has 1 heterocycles. The molecule has 0 aliphatic rings. The summed E-state index contributed by atoms with van der Waals surface area (Å²) in [4.78, 5) is 22.8. The van der Waals surface area contributed by atoms with Crippen LogP contribution in [-0.2, 0) is 11.2 Å². The van der Waals surface area contributed by atoms with Gasteiger partial charge in [-0.25, -0.2) is 9.59 Å². The highest BCUT2D eigenvalue weighted by Gasteiger charge is 2.18. The Morgan fingerprint density at radius 1 is 1.47 bits per heavy atom. The lowest BCUT2D eigenvalue weighted by Gasteiger charge is -2.00. The minimum absolute atomic E-state index is 0.176. The normalized spacial score (nSPS) is 10.0. The molecule has 1 N–H and O–H groups in total. The van der Waals surface area contributed by atoms with Crippen LogP contribution in [0.1, 0.15) is 38.8 Å². The maximum Gasteiger partial charge on any atom is 0.348 e. The molecule has 4 nitrogen and oxygen atoms in total. The van der Waals surface area contributed by atoms with Crippen molar-refractivity contribution in [1.29, 1.82) is 0 Å². The third-order valence-corrected chi connectivity index (χ3v) is 3.01. The zero-order chi connectivity index (χ0) is 11.4. The van der Waals surface area contributed by atoms with Crippen LogP contribution < -0.4 is 0 Å². The van der Waals surface area contributed by atoms with Crippen LogP contribution in [0.4, 0.5) is 0 Å². The Morgan fingerprint density at radius 2 is 2.13 bits per heavy atom. The van der Waals surface area contributed by atoms with Gasteiger partial charge in [-0.2, -0.15) is 0 Å². The molecule has 0 atom stereocenters. The molecule has 0 bridgehead atoms. The average Bonchev–Trinajstić information content (AvgIpc) is 2.61. The molecule has 0 fully saturated rings. The largest absolute Gasteiger partial charge is 0.477 e. The van der Waals surface area contributed by atoms with Crippen molar-refractivity contribution < 1.29 is 19.4 Å². The van der Waals surface area contributed by atoms with Crippen molar-refractivity contribution in [3.05, 3.63) is 21.4 Å². The number of carbonyl (C=O) groups is 2. The van der Waals surface area contributed by atoms with Gasteiger partial charge in [0, 0.05) is 0 Å². The number of carboxylic acids is 1. The highest BCUT2D eigenvalue weighted by molar-refractivity contribution is 7.16. The van der Waals surface area contributed by atoms with Gasteiger partial charge < -0.3 is 9.84 Å². The van der Waals surface area contributed by atoms with E-state index in [9.17, 15) is 9.59 Å². The second-order valence-corrected chi connectivity index (χ2v) is 3.90. The van der Waals surface area contributed by atoms with E-state index in [0.29, 0.717) is 17.9 Å². The monoisotopic (exact) mass is 228 g/mol. The predicted octanol–water partition coefficient (Wildman–Crippen LogP) is 2.19. The van der Waals surface area contributed by atoms with Gasteiger partial charge in [-0.05, 0) is 25.0 Å². The number of carboxylic acid groups (broad SMARTS) is 1. The molecule has 0 unspecified atom stereocenters. The van der Waals surface area contributed by atoms with Gasteiger partial charge in [-0.1, -0.05) is 6.92 Å². The number of hydrogen-bond donors (Lipinski definition) is 1. The second kappa shape index (κ2) is 4.93. The molecule has 82 valence electrons. The summed E-state index contributed by atoms with van der Waals surface area (Å²) in [6.07, 6.45) is 0.623. The molecule has 0 aliphatic heterocycles. The summed E-state index contributed by atoms with van der Waals surface area (Å²) in [6, 6.07) is 1.53. The van der Waals surface area contributed by atoms with Gasteiger partial charge in [-0.3, -0.25) is 0 Å². The topological polar surface area (TPSA) is 63.6 Å². The van der Waals surface area contributed by atoms with E-state index < -0.39 is 11.9 Å². The first-order valence-electron chi connectivity index (χ1n) is 4.63. The molecule has 0 aromatic carbocycles. The Balaban J connectivity index is 3.05. The Kier molecular flexibility index (Phi) is 3.85. The Hall–Kier alpha value is -1.36. The molecule has 0 spiro atoms. The molecule has 15 heavy (non-hydrogen) atoms. The Morgan fingerprint density at radius 3 is 2.60 bits per heavy atom. The number of carbonyl (C=O) groups excluding carboxylic acids is 1. The van der Waals surface area contributed by atoms with E-state index in [-0.39, 0.29) is 4.88 Å². The van der Waals surface area contributed by atoms with E-state index in [1.165, 1.54) is 6.07 Å². The van der Waals surface area contributed by atoms with Gasteiger partial charge >= 0.3 is 11.9 Å². The van der Waals surface area contributed by atoms with Crippen LogP contribution in [0, 0.1) is 0 Å². The maximum absolute atomic E-state index is 11.5. The fourth-order valence-electron chi connectivity index (χ4n) is 1.17. The number of hydrogen-bond acceptors (Lipinski definition) is 4. The fraction of sp³-hybridized carbons (Fsp3) is 0.400. The molecular formula is C10H12O4S. The lowest BCUT2D eigenvalue weighted by atomic mass is 10.2. The Bertz CT molecular complexity index is 381. The van der Waals surface area contributed by atoms with Crippen molar-refractivity contribution in [3.63, 3.8) is 0 Å². The zero-order valence-electron chi connectivity index (χ0n) is 8.57. The summed E-state index contributed by atoms with van der Waals surface area (Å²) in [5.74, 6) is -1.45. The lowest BCUT2D eigenvalue weighted by Crippen LogP contribution is -2.04. The molecule has 1 aromatic heterocycles. The van der Waals surface area contributed by atoms with Crippen LogP contribution in [0.3, 0.4) is 0 Å². The van der Waals surface area contributed by atoms with Crippen LogP contribution >= 0.6 is 11.3 Å². The van der Waals surface area contributed by atoms with Crippen molar-refractivity contribution in [3.8, 4) is 0 Å². The minimum Gasteiger partial charge on any atom is -0.477 e. The SMILES string of the molecule is CCOC(=O)c1sc(C(=O)O)cc1CC. The van der Waals surface area contributed by atoms with Crippen molar-refractivity contribution in [2.24, 2.45) is 0 Å². The molecule has 0 saturated carbocycles. The molecule has 0 amide bonds. The molecule has 1 rings (SSSR count). The van der Waals surface area contributed by atoms with Gasteiger partial charge in [0.1, 0.15) is 9.75 Å². The van der Waals surface area contributed by atoms with Crippen molar-refractivity contribution in [2.75, 3.05) is 6.61 Å². The van der Waals surface area contributed by atoms with Crippen LogP contribution in [0.15, 0.2) is 6.07 Å². The van der Waals surface area contributed by atoms with E-state index in [2.05, 4.69) is 0 Å². The number of ether oxygens (including phenoxy) is 1. The van der Waals surface area contributed by atoms with Crippen LogP contribution in [-0.4, -0.2) is 23.7 Å². The molecule has 0 aliphatic carbocycles. The van der Waals surface area contributed by atoms with Crippen molar-refractivity contribution >= 4 is 23.3 Å². The van der Waals surface area contributed by atoms with E-state index in [4.69, 9.17) is 9.84 Å². The molecule has 1 aromatic rings. The third-order valence-electron chi connectivity index (χ3n) is 1.86. The minimum atomic E-state index is -1.01. The van der Waals surface area contributed by atoms with Crippen molar-refractivity contribution in [2.45, 2.75) is 20.3 Å². The van der Waals surface area contributed by atoms with Gasteiger partial charge in [0.15, 0.2) is 0 Å². The highest BCUT2D eigenvalue weighted by Crippen LogP contribution is 2.24. The average molecular weight is 228 g/mol. The van der Waals surface area contributed by atoms with Gasteiger partial charge in [-0.15, -0.1) is 11.3 Å². The first-order chi connectivity index (χ1) is 7.10. The third kappa shape index (κ3) is 2.56. The van der Waals surface area contributed by atoms with E-state index in [1.54, 1.807) is 6.92 Å². The number of rotatable bonds is 4. The summed E-state index contributed by atoms with van der Waals surface area (Å²) in [6.45, 7) is 3.88. The first kappa shape index (κ1) is 11.7. The summed E-state index contributed by atoms with van der Waals surface area (Å²) in [5.41, 5.74) is 0.732. The molecule has 0 radical (unpaired) electrons. The summed E-state index contributed by atoms with van der Waals surface area (Å²) < 4.78 is 4.84. The molecule has 5 heteroatoms. The number of aryl methyl sites for hydroxylation is 1. The molecular weight excluding hydrogens is 216 g/mol.